The Morgan fingerprint density at radius 2 is 1.75 bits per heavy atom. The van der Waals surface area contributed by atoms with Gasteiger partial charge in [-0.2, -0.15) is 0 Å². The molecule has 124 valence electrons. The Morgan fingerprint density at radius 1 is 1.00 bits per heavy atom. The first-order valence-electron chi connectivity index (χ1n) is 7.46. The van der Waals surface area contributed by atoms with Gasteiger partial charge in [-0.25, -0.2) is 0 Å². The summed E-state index contributed by atoms with van der Waals surface area (Å²) in [5, 5.41) is 9.76. The molecule has 0 heterocycles. The molecule has 0 unspecified atom stereocenters. The predicted octanol–water partition coefficient (Wildman–Crippen LogP) is 3.01. The monoisotopic (exact) mass is 326 g/mol. The topological polar surface area (TPSA) is 65.0 Å². The third kappa shape index (κ3) is 2.48. The van der Waals surface area contributed by atoms with Gasteiger partial charge in [-0.1, -0.05) is 18.2 Å². The van der Waals surface area contributed by atoms with Crippen molar-refractivity contribution < 1.29 is 19.3 Å². The molecule has 5 heteroatoms. The summed E-state index contributed by atoms with van der Waals surface area (Å²) in [6.45, 7) is 0. The lowest BCUT2D eigenvalue weighted by Crippen LogP contribution is -2.00. The Hall–Kier alpha value is -2.95. The molecule has 0 atom stereocenters. The van der Waals surface area contributed by atoms with E-state index < -0.39 is 5.43 Å². The highest BCUT2D eigenvalue weighted by atomic mass is 16.5. The van der Waals surface area contributed by atoms with Crippen molar-refractivity contribution in [3.8, 4) is 34.1 Å². The highest BCUT2D eigenvalue weighted by molar-refractivity contribution is 5.87. The molecule has 0 bridgehead atoms. The predicted molar refractivity (Wildman–Crippen MR) is 92.2 cm³/mol. The van der Waals surface area contributed by atoms with E-state index in [2.05, 4.69) is 0 Å². The van der Waals surface area contributed by atoms with Crippen molar-refractivity contribution in [1.29, 1.82) is 0 Å². The van der Waals surface area contributed by atoms with Crippen LogP contribution in [0.4, 0.5) is 0 Å². The number of fused-ring (bicyclic) bond motifs is 3. The van der Waals surface area contributed by atoms with Crippen LogP contribution < -0.4 is 19.6 Å². The minimum atomic E-state index is -0.410. The fourth-order valence-electron chi connectivity index (χ4n) is 2.97. The summed E-state index contributed by atoms with van der Waals surface area (Å²) in [5.74, 6) is 1.29. The zero-order valence-electron chi connectivity index (χ0n) is 13.8. The summed E-state index contributed by atoms with van der Waals surface area (Å²) < 4.78 is 16.5. The van der Waals surface area contributed by atoms with Crippen molar-refractivity contribution >= 4 is 6.08 Å². The van der Waals surface area contributed by atoms with Gasteiger partial charge in [0.25, 0.3) is 0 Å². The van der Waals surface area contributed by atoms with Crippen LogP contribution in [0.25, 0.3) is 17.2 Å². The molecule has 0 saturated carbocycles. The molecule has 0 aliphatic heterocycles. The van der Waals surface area contributed by atoms with Crippen molar-refractivity contribution in [3.63, 3.8) is 0 Å². The van der Waals surface area contributed by atoms with Gasteiger partial charge >= 0.3 is 0 Å². The minimum Gasteiger partial charge on any atom is -0.504 e. The molecule has 2 aromatic carbocycles. The molecule has 1 aliphatic rings. The fraction of sp³-hybridized carbons (Fsp3) is 0.211. The molecule has 0 radical (unpaired) electrons. The van der Waals surface area contributed by atoms with Gasteiger partial charge in [0, 0.05) is 5.56 Å². The van der Waals surface area contributed by atoms with Crippen LogP contribution >= 0.6 is 0 Å². The number of benzene rings is 1. The first-order chi connectivity index (χ1) is 11.6. The Balaban J connectivity index is 2.44. The minimum absolute atomic E-state index is 0.284. The maximum Gasteiger partial charge on any atom is 0.220 e. The maximum atomic E-state index is 11.9. The third-order valence-electron chi connectivity index (χ3n) is 4.08. The van der Waals surface area contributed by atoms with Gasteiger partial charge in [-0.05, 0) is 41.3 Å². The Morgan fingerprint density at radius 3 is 2.42 bits per heavy atom. The molecule has 24 heavy (non-hydrogen) atoms. The van der Waals surface area contributed by atoms with Crippen molar-refractivity contribution in [2.24, 2.45) is 0 Å². The van der Waals surface area contributed by atoms with Crippen molar-refractivity contribution in [3.05, 3.63) is 51.7 Å². The summed E-state index contributed by atoms with van der Waals surface area (Å²) in [6, 6.07) is 6.46. The molecule has 0 amide bonds. The van der Waals surface area contributed by atoms with E-state index in [1.165, 1.54) is 12.1 Å². The van der Waals surface area contributed by atoms with E-state index >= 15 is 0 Å². The van der Waals surface area contributed by atoms with E-state index in [9.17, 15) is 9.90 Å². The smallest absolute Gasteiger partial charge is 0.220 e. The molecule has 5 nitrogen and oxygen atoms in total. The van der Waals surface area contributed by atoms with Crippen molar-refractivity contribution in [2.45, 2.75) is 6.42 Å². The molecule has 0 saturated heterocycles. The van der Waals surface area contributed by atoms with E-state index in [1.807, 2.05) is 18.2 Å². The van der Waals surface area contributed by atoms with Crippen LogP contribution in [0.5, 0.6) is 23.0 Å². The molecule has 2 aromatic rings. The van der Waals surface area contributed by atoms with E-state index in [0.29, 0.717) is 23.7 Å². The number of methoxy groups -OCH3 is 3. The second-order valence-corrected chi connectivity index (χ2v) is 5.38. The number of hydrogen-bond donors (Lipinski definition) is 1. The highest BCUT2D eigenvalue weighted by Gasteiger charge is 2.23. The Kier molecular flexibility index (Phi) is 4.16. The first kappa shape index (κ1) is 15.9. The molecular weight excluding hydrogens is 308 g/mol. The number of ether oxygens (including phenoxy) is 3. The van der Waals surface area contributed by atoms with E-state index in [-0.39, 0.29) is 5.75 Å². The molecule has 3 rings (SSSR count). The van der Waals surface area contributed by atoms with Crippen LogP contribution in [-0.4, -0.2) is 26.4 Å². The van der Waals surface area contributed by atoms with Crippen LogP contribution in [-0.2, 0) is 6.42 Å². The van der Waals surface area contributed by atoms with Gasteiger partial charge in [0.1, 0.15) is 0 Å². The Bertz CT molecular complexity index is 884. The lowest BCUT2D eigenvalue weighted by molar-refractivity contribution is 0.325. The van der Waals surface area contributed by atoms with E-state index in [1.54, 1.807) is 27.4 Å². The number of hydrogen-bond acceptors (Lipinski definition) is 5. The van der Waals surface area contributed by atoms with Crippen LogP contribution in [0.1, 0.15) is 11.1 Å². The van der Waals surface area contributed by atoms with Crippen molar-refractivity contribution in [2.75, 3.05) is 21.3 Å². The van der Waals surface area contributed by atoms with E-state index in [4.69, 9.17) is 14.2 Å². The van der Waals surface area contributed by atoms with Gasteiger partial charge in [0.05, 0.1) is 21.3 Å². The quantitative estimate of drug-likeness (QED) is 0.939. The molecule has 0 spiro atoms. The second kappa shape index (κ2) is 6.28. The van der Waals surface area contributed by atoms with Gasteiger partial charge in [0.2, 0.25) is 11.2 Å². The van der Waals surface area contributed by atoms with Crippen LogP contribution in [0, 0.1) is 0 Å². The molecule has 1 N–H and O–H groups in total. The van der Waals surface area contributed by atoms with Crippen LogP contribution in [0.3, 0.4) is 0 Å². The zero-order chi connectivity index (χ0) is 17.3. The number of aromatic hydroxyl groups is 1. The molecule has 0 aromatic heterocycles. The average Bonchev–Trinajstić information content (AvgIpc) is 2.84. The maximum absolute atomic E-state index is 11.9. The number of rotatable bonds is 3. The van der Waals surface area contributed by atoms with Gasteiger partial charge < -0.3 is 19.3 Å². The third-order valence-corrected chi connectivity index (χ3v) is 4.08. The number of allylic oxidation sites excluding steroid dienone is 1. The second-order valence-electron chi connectivity index (χ2n) is 5.38. The Labute approximate surface area is 139 Å². The standard InChI is InChI=1S/C19H18O5/c1-22-16-10-12-6-4-5-11-9-15(21)14(20)8-7-13(11)17(12)19(24-3)18(16)23-2/h4,6-10H,5H2,1-3H3,(H,20,21). The van der Waals surface area contributed by atoms with Gasteiger partial charge in [-0.3, -0.25) is 4.79 Å². The summed E-state index contributed by atoms with van der Waals surface area (Å²) in [5.41, 5.74) is 2.90. The van der Waals surface area contributed by atoms with Gasteiger partial charge in [-0.15, -0.1) is 0 Å². The molecular formula is C19H18O5. The fourth-order valence-corrected chi connectivity index (χ4v) is 2.97. The van der Waals surface area contributed by atoms with Crippen LogP contribution in [0.15, 0.2) is 35.1 Å². The zero-order valence-corrected chi connectivity index (χ0v) is 13.8. The van der Waals surface area contributed by atoms with E-state index in [0.717, 1.165) is 22.3 Å². The van der Waals surface area contributed by atoms with Crippen LogP contribution in [0.2, 0.25) is 0 Å². The highest BCUT2D eigenvalue weighted by Crippen LogP contribution is 2.48. The molecule has 0 fully saturated rings. The summed E-state index contributed by atoms with van der Waals surface area (Å²) in [7, 11) is 4.68. The largest absolute Gasteiger partial charge is 0.504 e. The SMILES string of the molecule is COc1cc2c(c(OC)c1OC)-c1ccc(O)c(=O)cc1CC=C2. The summed E-state index contributed by atoms with van der Waals surface area (Å²) >= 11 is 0. The lowest BCUT2D eigenvalue weighted by atomic mass is 9.96. The van der Waals surface area contributed by atoms with Crippen molar-refractivity contribution in [1.82, 2.24) is 0 Å². The summed E-state index contributed by atoms with van der Waals surface area (Å²) in [6.07, 6.45) is 4.50. The summed E-state index contributed by atoms with van der Waals surface area (Å²) in [4.78, 5) is 11.9. The lowest BCUT2D eigenvalue weighted by Gasteiger charge is -2.18. The molecule has 1 aliphatic carbocycles. The normalized spacial score (nSPS) is 12.0. The average molecular weight is 326 g/mol. The van der Waals surface area contributed by atoms with Gasteiger partial charge in [0.15, 0.2) is 17.2 Å². The first-order valence-corrected chi connectivity index (χ1v) is 7.46.